The van der Waals surface area contributed by atoms with E-state index < -0.39 is 22.4 Å². The summed E-state index contributed by atoms with van der Waals surface area (Å²) in [5.41, 5.74) is 6.72. The number of nitrogens with two attached hydrogens (primary N) is 1. The fourth-order valence-corrected chi connectivity index (χ4v) is 2.95. The lowest BCUT2D eigenvalue weighted by atomic mass is 10.2. The monoisotopic (exact) mass is 301 g/mol. The van der Waals surface area contributed by atoms with Crippen molar-refractivity contribution in [2.45, 2.75) is 10.6 Å². The van der Waals surface area contributed by atoms with E-state index in [0.717, 1.165) is 12.1 Å². The highest BCUT2D eigenvalue weighted by Crippen LogP contribution is 2.23. The van der Waals surface area contributed by atoms with Crippen LogP contribution >= 0.6 is 11.6 Å². The predicted octanol–water partition coefficient (Wildman–Crippen LogP) is 3.51. The van der Waals surface area contributed by atoms with Gasteiger partial charge >= 0.3 is 0 Å². The Bertz CT molecular complexity index is 649. The molecule has 0 aliphatic heterocycles. The summed E-state index contributed by atoms with van der Waals surface area (Å²) in [6.45, 7) is 0. The van der Waals surface area contributed by atoms with Crippen LogP contribution in [0.4, 0.5) is 14.5 Å². The summed E-state index contributed by atoms with van der Waals surface area (Å²) >= 11 is 5.96. The lowest BCUT2D eigenvalue weighted by Gasteiger charge is -2.06. The normalized spacial score (nSPS) is 12.4. The molecule has 0 fully saturated rings. The van der Waals surface area contributed by atoms with Gasteiger partial charge in [0.25, 0.3) is 0 Å². The lowest BCUT2D eigenvalue weighted by Crippen LogP contribution is -1.99. The Labute approximate surface area is 116 Å². The number of rotatable bonds is 3. The highest BCUT2D eigenvalue weighted by molar-refractivity contribution is 7.84. The van der Waals surface area contributed by atoms with E-state index in [9.17, 15) is 13.0 Å². The van der Waals surface area contributed by atoms with Gasteiger partial charge in [0.2, 0.25) is 0 Å². The molecule has 0 saturated heterocycles. The van der Waals surface area contributed by atoms with Crippen LogP contribution in [0.1, 0.15) is 5.56 Å². The van der Waals surface area contributed by atoms with Crippen molar-refractivity contribution in [1.29, 1.82) is 0 Å². The zero-order chi connectivity index (χ0) is 14.0. The zero-order valence-electron chi connectivity index (χ0n) is 9.70. The molecular formula is C13H10ClF2NOS. The second-order valence-electron chi connectivity index (χ2n) is 3.92. The fraction of sp³-hybridized carbons (Fsp3) is 0.0769. The van der Waals surface area contributed by atoms with Crippen LogP contribution in [-0.4, -0.2) is 4.21 Å². The second-order valence-corrected chi connectivity index (χ2v) is 5.77. The molecular weight excluding hydrogens is 292 g/mol. The second kappa shape index (κ2) is 5.67. The molecule has 1 unspecified atom stereocenters. The maximum atomic E-state index is 13.1. The molecule has 0 aliphatic carbocycles. The summed E-state index contributed by atoms with van der Waals surface area (Å²) in [6, 6.07) is 8.00. The van der Waals surface area contributed by atoms with Crippen molar-refractivity contribution >= 4 is 28.1 Å². The molecule has 0 bridgehead atoms. The Hall–Kier alpha value is -1.46. The van der Waals surface area contributed by atoms with Crippen molar-refractivity contribution in [3.8, 4) is 0 Å². The number of hydrogen-bond acceptors (Lipinski definition) is 2. The number of halogens is 3. The average Bonchev–Trinajstić information content (AvgIpc) is 2.37. The topological polar surface area (TPSA) is 43.1 Å². The van der Waals surface area contributed by atoms with Crippen LogP contribution < -0.4 is 5.73 Å². The van der Waals surface area contributed by atoms with Crippen LogP contribution in [0.2, 0.25) is 5.02 Å². The minimum Gasteiger partial charge on any atom is -0.399 e. The Kier molecular flexibility index (Phi) is 4.17. The molecule has 0 spiro atoms. The first-order valence-corrected chi connectivity index (χ1v) is 7.04. The van der Waals surface area contributed by atoms with Crippen molar-refractivity contribution in [3.63, 3.8) is 0 Å². The molecule has 0 aliphatic rings. The maximum absolute atomic E-state index is 13.1. The van der Waals surface area contributed by atoms with Crippen LogP contribution in [0.25, 0.3) is 0 Å². The van der Waals surface area contributed by atoms with E-state index in [2.05, 4.69) is 0 Å². The largest absolute Gasteiger partial charge is 0.399 e. The molecule has 19 heavy (non-hydrogen) atoms. The molecule has 6 heteroatoms. The smallest absolute Gasteiger partial charge is 0.160 e. The summed E-state index contributed by atoms with van der Waals surface area (Å²) in [4.78, 5) is 0.206. The summed E-state index contributed by atoms with van der Waals surface area (Å²) in [5.74, 6) is -1.90. The number of benzene rings is 2. The molecule has 0 aromatic heterocycles. The summed E-state index contributed by atoms with van der Waals surface area (Å²) < 4.78 is 37.9. The first-order valence-electron chi connectivity index (χ1n) is 5.34. The molecule has 2 N–H and O–H groups in total. The summed E-state index contributed by atoms with van der Waals surface area (Å²) in [6.07, 6.45) is 0. The molecule has 2 aromatic rings. The minimum absolute atomic E-state index is 0.0922. The molecule has 1 atom stereocenters. The maximum Gasteiger partial charge on any atom is 0.160 e. The van der Waals surface area contributed by atoms with Gasteiger partial charge in [-0.05, 0) is 42.0 Å². The quantitative estimate of drug-likeness (QED) is 0.882. The number of nitrogen functional groups attached to an aromatic ring is 1. The number of anilines is 1. The van der Waals surface area contributed by atoms with E-state index in [1.54, 1.807) is 18.2 Å². The standard InChI is InChI=1S/C13H10ClF2NOS/c14-11-3-1-9(17)5-8(11)7-19(18)10-2-4-12(15)13(16)6-10/h1-6H,7,17H2. The lowest BCUT2D eigenvalue weighted by molar-refractivity contribution is 0.505. The Morgan fingerprint density at radius 3 is 2.53 bits per heavy atom. The van der Waals surface area contributed by atoms with Gasteiger partial charge in [0.15, 0.2) is 11.6 Å². The van der Waals surface area contributed by atoms with Crippen molar-refractivity contribution in [2.24, 2.45) is 0 Å². The third kappa shape index (κ3) is 3.30. The van der Waals surface area contributed by atoms with Gasteiger partial charge in [-0.15, -0.1) is 0 Å². The molecule has 0 heterocycles. The highest BCUT2D eigenvalue weighted by atomic mass is 35.5. The van der Waals surface area contributed by atoms with E-state index in [4.69, 9.17) is 17.3 Å². The summed E-state index contributed by atoms with van der Waals surface area (Å²) in [5, 5.41) is 0.435. The Balaban J connectivity index is 2.25. The van der Waals surface area contributed by atoms with Gasteiger partial charge < -0.3 is 5.73 Å². The van der Waals surface area contributed by atoms with Crippen LogP contribution in [0.3, 0.4) is 0 Å². The SMILES string of the molecule is Nc1ccc(Cl)c(CS(=O)c2ccc(F)c(F)c2)c1. The predicted molar refractivity (Wildman–Crippen MR) is 72.3 cm³/mol. The van der Waals surface area contributed by atoms with E-state index in [1.807, 2.05) is 0 Å². The van der Waals surface area contributed by atoms with Crippen LogP contribution in [0.15, 0.2) is 41.3 Å². The molecule has 0 radical (unpaired) electrons. The van der Waals surface area contributed by atoms with Crippen molar-refractivity contribution in [3.05, 3.63) is 58.6 Å². The van der Waals surface area contributed by atoms with Crippen LogP contribution in [0.5, 0.6) is 0 Å². The van der Waals surface area contributed by atoms with E-state index >= 15 is 0 Å². The molecule has 2 nitrogen and oxygen atoms in total. The Morgan fingerprint density at radius 1 is 1.11 bits per heavy atom. The van der Waals surface area contributed by atoms with Gasteiger partial charge in [0, 0.05) is 15.6 Å². The Morgan fingerprint density at radius 2 is 1.84 bits per heavy atom. The van der Waals surface area contributed by atoms with Crippen molar-refractivity contribution < 1.29 is 13.0 Å². The van der Waals surface area contributed by atoms with Gasteiger partial charge in [-0.25, -0.2) is 8.78 Å². The van der Waals surface area contributed by atoms with E-state index in [1.165, 1.54) is 6.07 Å². The van der Waals surface area contributed by atoms with Gasteiger partial charge in [-0.2, -0.15) is 0 Å². The molecule has 100 valence electrons. The number of hydrogen-bond donors (Lipinski definition) is 1. The first kappa shape index (κ1) is 14.0. The van der Waals surface area contributed by atoms with Crippen molar-refractivity contribution in [1.82, 2.24) is 0 Å². The summed E-state index contributed by atoms with van der Waals surface area (Å²) in [7, 11) is -1.52. The third-order valence-corrected chi connectivity index (χ3v) is 4.23. The zero-order valence-corrected chi connectivity index (χ0v) is 11.3. The highest BCUT2D eigenvalue weighted by Gasteiger charge is 2.11. The first-order chi connectivity index (χ1) is 8.97. The van der Waals surface area contributed by atoms with Gasteiger partial charge in [-0.1, -0.05) is 11.6 Å². The molecule has 2 rings (SSSR count). The third-order valence-electron chi connectivity index (χ3n) is 2.51. The van der Waals surface area contributed by atoms with Gasteiger partial charge in [0.05, 0.1) is 16.6 Å². The molecule has 2 aromatic carbocycles. The van der Waals surface area contributed by atoms with E-state index in [-0.39, 0.29) is 10.6 Å². The fourth-order valence-electron chi connectivity index (χ4n) is 1.55. The van der Waals surface area contributed by atoms with E-state index in [0.29, 0.717) is 16.3 Å². The molecule has 0 amide bonds. The van der Waals surface area contributed by atoms with Crippen molar-refractivity contribution in [2.75, 3.05) is 5.73 Å². The van der Waals surface area contributed by atoms with Crippen LogP contribution in [-0.2, 0) is 16.6 Å². The minimum atomic E-state index is -1.52. The average molecular weight is 302 g/mol. The van der Waals surface area contributed by atoms with Gasteiger partial charge in [-0.3, -0.25) is 4.21 Å². The molecule has 0 saturated carbocycles. The van der Waals surface area contributed by atoms with Gasteiger partial charge in [0.1, 0.15) is 0 Å². The van der Waals surface area contributed by atoms with Crippen LogP contribution in [0, 0.1) is 11.6 Å².